The highest BCUT2D eigenvalue weighted by Crippen LogP contribution is 2.27. The molecule has 120 valence electrons. The molecule has 0 aliphatic rings. The quantitative estimate of drug-likeness (QED) is 0.826. The first kappa shape index (κ1) is 18.7. The number of carbonyl (C=O) groups is 1. The summed E-state index contributed by atoms with van der Waals surface area (Å²) in [6.45, 7) is 2.93. The Kier molecular flexibility index (Phi) is 7.61. The van der Waals surface area contributed by atoms with E-state index in [2.05, 4.69) is 10.3 Å². The molecule has 5 nitrogen and oxygen atoms in total. The van der Waals surface area contributed by atoms with Crippen molar-refractivity contribution in [3.8, 4) is 5.75 Å². The van der Waals surface area contributed by atoms with Crippen LogP contribution in [0.4, 0.5) is 5.69 Å². The van der Waals surface area contributed by atoms with Crippen LogP contribution in [0.5, 0.6) is 5.75 Å². The van der Waals surface area contributed by atoms with Gasteiger partial charge in [-0.2, -0.15) is 0 Å². The third-order valence-corrected chi connectivity index (χ3v) is 3.84. The number of anilines is 1. The van der Waals surface area contributed by atoms with Crippen LogP contribution in [0.25, 0.3) is 0 Å². The molecule has 8 heteroatoms. The predicted molar refractivity (Wildman–Crippen MR) is 92.7 cm³/mol. The second-order valence-corrected chi connectivity index (χ2v) is 5.55. The van der Waals surface area contributed by atoms with Crippen LogP contribution in [0.15, 0.2) is 23.6 Å². The van der Waals surface area contributed by atoms with Crippen LogP contribution in [0.2, 0.25) is 5.02 Å². The van der Waals surface area contributed by atoms with Crippen LogP contribution in [-0.2, 0) is 6.42 Å². The van der Waals surface area contributed by atoms with E-state index >= 15 is 0 Å². The second-order valence-electron chi connectivity index (χ2n) is 4.20. The van der Waals surface area contributed by atoms with Gasteiger partial charge in [0.1, 0.15) is 11.4 Å². The molecule has 0 bridgehead atoms. The third-order valence-electron chi connectivity index (χ3n) is 2.63. The number of nitrogens with zero attached hydrogens (tertiary/aromatic N) is 1. The molecule has 0 fully saturated rings. The van der Waals surface area contributed by atoms with Crippen molar-refractivity contribution in [2.75, 3.05) is 18.5 Å². The third kappa shape index (κ3) is 4.84. The van der Waals surface area contributed by atoms with Gasteiger partial charge in [0.2, 0.25) is 0 Å². The number of thiazole rings is 1. The first-order chi connectivity index (χ1) is 10.1. The lowest BCUT2D eigenvalue weighted by Gasteiger charge is -2.08. The van der Waals surface area contributed by atoms with Crippen LogP contribution >= 0.6 is 35.3 Å². The smallest absolute Gasteiger partial charge is 0.275 e. The van der Waals surface area contributed by atoms with Crippen molar-refractivity contribution in [3.05, 3.63) is 39.3 Å². The molecule has 0 atom stereocenters. The van der Waals surface area contributed by atoms with Crippen LogP contribution in [-0.4, -0.2) is 24.0 Å². The summed E-state index contributed by atoms with van der Waals surface area (Å²) in [6, 6.07) is 5.11. The fourth-order valence-electron chi connectivity index (χ4n) is 1.70. The van der Waals surface area contributed by atoms with Crippen molar-refractivity contribution in [1.29, 1.82) is 0 Å². The fraction of sp³-hybridized carbons (Fsp3) is 0.286. The van der Waals surface area contributed by atoms with E-state index in [1.807, 2.05) is 6.92 Å². The molecular weight excluding hydrogens is 345 g/mol. The van der Waals surface area contributed by atoms with Crippen LogP contribution in [0.3, 0.4) is 0 Å². The lowest BCUT2D eigenvalue weighted by molar-refractivity contribution is 0.102. The Labute approximate surface area is 144 Å². The van der Waals surface area contributed by atoms with E-state index in [0.717, 1.165) is 5.01 Å². The van der Waals surface area contributed by atoms with Gasteiger partial charge in [0.15, 0.2) is 0 Å². The molecule has 0 saturated heterocycles. The summed E-state index contributed by atoms with van der Waals surface area (Å²) in [5.74, 6) is 0.325. The Hall–Kier alpha value is -1.34. The summed E-state index contributed by atoms with van der Waals surface area (Å²) >= 11 is 7.51. The van der Waals surface area contributed by atoms with Gasteiger partial charge in [0.25, 0.3) is 5.91 Å². The van der Waals surface area contributed by atoms with Crippen LogP contribution < -0.4 is 15.8 Å². The van der Waals surface area contributed by atoms with Crippen molar-refractivity contribution < 1.29 is 9.53 Å². The average Bonchev–Trinajstić information content (AvgIpc) is 2.91. The Morgan fingerprint density at radius 3 is 2.91 bits per heavy atom. The van der Waals surface area contributed by atoms with Crippen molar-refractivity contribution in [2.45, 2.75) is 13.3 Å². The SMILES string of the molecule is CCOc1ccc(NC(=O)c2csc(CCN)n2)cc1Cl.Cl. The van der Waals surface area contributed by atoms with Gasteiger partial charge >= 0.3 is 0 Å². The maximum absolute atomic E-state index is 12.1. The first-order valence-corrected chi connectivity index (χ1v) is 7.78. The van der Waals surface area contributed by atoms with E-state index in [9.17, 15) is 4.79 Å². The van der Waals surface area contributed by atoms with Crippen LogP contribution in [0, 0.1) is 0 Å². The number of halogens is 2. The lowest BCUT2D eigenvalue weighted by atomic mass is 10.3. The highest BCUT2D eigenvalue weighted by molar-refractivity contribution is 7.09. The molecule has 0 spiro atoms. The van der Waals surface area contributed by atoms with Gasteiger partial charge in [-0.05, 0) is 31.7 Å². The van der Waals surface area contributed by atoms with Gasteiger partial charge in [0, 0.05) is 17.5 Å². The summed E-state index contributed by atoms with van der Waals surface area (Å²) < 4.78 is 5.34. The molecule has 22 heavy (non-hydrogen) atoms. The van der Waals surface area contributed by atoms with Crippen molar-refractivity contribution >= 4 is 46.9 Å². The molecule has 1 aromatic carbocycles. The Morgan fingerprint density at radius 2 is 2.27 bits per heavy atom. The lowest BCUT2D eigenvalue weighted by Crippen LogP contribution is -2.12. The summed E-state index contributed by atoms with van der Waals surface area (Å²) in [6.07, 6.45) is 0.673. The molecule has 1 heterocycles. The average molecular weight is 362 g/mol. The van der Waals surface area contributed by atoms with Crippen LogP contribution in [0.1, 0.15) is 22.4 Å². The van der Waals surface area contributed by atoms with E-state index in [1.165, 1.54) is 11.3 Å². The van der Waals surface area contributed by atoms with Crippen molar-refractivity contribution in [3.63, 3.8) is 0 Å². The zero-order chi connectivity index (χ0) is 15.2. The van der Waals surface area contributed by atoms with Gasteiger partial charge in [-0.1, -0.05) is 11.6 Å². The number of hydrogen-bond donors (Lipinski definition) is 2. The molecule has 0 saturated carbocycles. The Balaban J connectivity index is 0.00000242. The van der Waals surface area contributed by atoms with Gasteiger partial charge in [0.05, 0.1) is 16.6 Å². The largest absolute Gasteiger partial charge is 0.492 e. The molecule has 0 radical (unpaired) electrons. The van der Waals surface area contributed by atoms with Gasteiger partial charge < -0.3 is 15.8 Å². The molecule has 1 aromatic heterocycles. The van der Waals surface area contributed by atoms with E-state index in [4.69, 9.17) is 22.1 Å². The summed E-state index contributed by atoms with van der Waals surface area (Å²) in [7, 11) is 0. The summed E-state index contributed by atoms with van der Waals surface area (Å²) in [5.41, 5.74) is 6.45. The number of ether oxygens (including phenoxy) is 1. The predicted octanol–water partition coefficient (Wildman–Crippen LogP) is 3.37. The Morgan fingerprint density at radius 1 is 1.50 bits per heavy atom. The molecule has 0 aliphatic heterocycles. The van der Waals surface area contributed by atoms with E-state index < -0.39 is 0 Å². The summed E-state index contributed by atoms with van der Waals surface area (Å²) in [4.78, 5) is 16.3. The molecule has 0 unspecified atom stereocenters. The zero-order valence-electron chi connectivity index (χ0n) is 12.0. The van der Waals surface area contributed by atoms with Crippen molar-refractivity contribution in [2.24, 2.45) is 5.73 Å². The number of nitrogens with one attached hydrogen (secondary N) is 1. The Bertz CT molecular complexity index is 634. The molecule has 2 rings (SSSR count). The van der Waals surface area contributed by atoms with Gasteiger partial charge in [-0.3, -0.25) is 4.79 Å². The molecular formula is C14H17Cl2N3O2S. The number of amides is 1. The second kappa shape index (κ2) is 8.95. The van der Waals surface area contributed by atoms with E-state index in [1.54, 1.807) is 23.6 Å². The topological polar surface area (TPSA) is 77.2 Å². The minimum Gasteiger partial charge on any atom is -0.492 e. The number of carbonyl (C=O) groups excluding carboxylic acids is 1. The number of hydrogen-bond acceptors (Lipinski definition) is 5. The minimum absolute atomic E-state index is 0. The molecule has 3 N–H and O–H groups in total. The van der Waals surface area contributed by atoms with Gasteiger partial charge in [-0.15, -0.1) is 23.7 Å². The number of benzene rings is 1. The zero-order valence-corrected chi connectivity index (χ0v) is 14.4. The number of rotatable bonds is 6. The van der Waals surface area contributed by atoms with E-state index in [0.29, 0.717) is 41.7 Å². The standard InChI is InChI=1S/C14H16ClN3O2S.ClH/c1-2-20-12-4-3-9(7-10(12)15)17-14(19)11-8-21-13(18-11)5-6-16;/h3-4,7-8H,2,5-6,16H2,1H3,(H,17,19);1H. The molecule has 1 amide bonds. The fourth-order valence-corrected chi connectivity index (χ4v) is 2.73. The summed E-state index contributed by atoms with van der Waals surface area (Å²) in [5, 5.41) is 5.79. The molecule has 0 aliphatic carbocycles. The monoisotopic (exact) mass is 361 g/mol. The number of nitrogens with two attached hydrogens (primary N) is 1. The number of aromatic nitrogens is 1. The molecule has 2 aromatic rings. The maximum Gasteiger partial charge on any atom is 0.275 e. The van der Waals surface area contributed by atoms with Gasteiger partial charge in [-0.25, -0.2) is 4.98 Å². The van der Waals surface area contributed by atoms with Crippen molar-refractivity contribution in [1.82, 2.24) is 4.98 Å². The first-order valence-electron chi connectivity index (χ1n) is 6.52. The normalized spacial score (nSPS) is 9.95. The highest BCUT2D eigenvalue weighted by atomic mass is 35.5. The minimum atomic E-state index is -0.269. The van der Waals surface area contributed by atoms with E-state index in [-0.39, 0.29) is 18.3 Å². The maximum atomic E-state index is 12.1. The highest BCUT2D eigenvalue weighted by Gasteiger charge is 2.12.